The molecule has 0 spiro atoms. The Bertz CT molecular complexity index is 337. The molecule has 90 valence electrons. The zero-order valence-electron chi connectivity index (χ0n) is 9.64. The molecule has 0 amide bonds. The van der Waals surface area contributed by atoms with E-state index < -0.39 is 11.6 Å². The molecular formula is C13H17BrF2. The van der Waals surface area contributed by atoms with E-state index in [2.05, 4.69) is 29.8 Å². The molecule has 0 fully saturated rings. The van der Waals surface area contributed by atoms with Crippen molar-refractivity contribution in [1.82, 2.24) is 0 Å². The van der Waals surface area contributed by atoms with Crippen LogP contribution in [0.5, 0.6) is 0 Å². The van der Waals surface area contributed by atoms with Crippen LogP contribution >= 0.6 is 15.9 Å². The lowest BCUT2D eigenvalue weighted by molar-refractivity contribution is 0.545. The molecule has 0 aliphatic heterocycles. The molecule has 0 saturated heterocycles. The molecule has 0 aliphatic carbocycles. The number of halogens is 3. The van der Waals surface area contributed by atoms with E-state index in [0.717, 1.165) is 18.9 Å². The lowest BCUT2D eigenvalue weighted by atomic mass is 10.0. The van der Waals surface area contributed by atoms with Crippen molar-refractivity contribution in [3.63, 3.8) is 0 Å². The third-order valence-electron chi connectivity index (χ3n) is 2.66. The largest absolute Gasteiger partial charge is 0.207 e. The highest BCUT2D eigenvalue weighted by Gasteiger charge is 2.09. The highest BCUT2D eigenvalue weighted by Crippen LogP contribution is 2.20. The van der Waals surface area contributed by atoms with E-state index in [1.54, 1.807) is 0 Å². The number of hydrogen-bond donors (Lipinski definition) is 0. The first-order valence-electron chi connectivity index (χ1n) is 5.58. The quantitative estimate of drug-likeness (QED) is 0.689. The summed E-state index contributed by atoms with van der Waals surface area (Å²) in [6.07, 6.45) is 2.59. The van der Waals surface area contributed by atoms with Crippen LogP contribution < -0.4 is 0 Å². The van der Waals surface area contributed by atoms with Gasteiger partial charge in [-0.15, -0.1) is 0 Å². The molecule has 1 unspecified atom stereocenters. The highest BCUT2D eigenvalue weighted by atomic mass is 79.9. The van der Waals surface area contributed by atoms with Gasteiger partial charge in [0.2, 0.25) is 0 Å². The average Bonchev–Trinajstić information content (AvgIpc) is 2.20. The van der Waals surface area contributed by atoms with Crippen molar-refractivity contribution < 1.29 is 8.78 Å². The predicted octanol–water partition coefficient (Wildman–Crippen LogP) is 4.71. The predicted molar refractivity (Wildman–Crippen MR) is 66.8 cm³/mol. The topological polar surface area (TPSA) is 0 Å². The molecule has 1 atom stereocenters. The summed E-state index contributed by atoms with van der Waals surface area (Å²) in [4.78, 5) is 0.469. The van der Waals surface area contributed by atoms with Gasteiger partial charge in [0.05, 0.1) is 0 Å². The summed E-state index contributed by atoms with van der Waals surface area (Å²) in [6.45, 7) is 4.30. The van der Waals surface area contributed by atoms with Gasteiger partial charge in [-0.25, -0.2) is 8.78 Å². The van der Waals surface area contributed by atoms with Gasteiger partial charge in [0, 0.05) is 10.9 Å². The van der Waals surface area contributed by atoms with Gasteiger partial charge in [-0.2, -0.15) is 0 Å². The minimum absolute atomic E-state index is 0.435. The molecule has 16 heavy (non-hydrogen) atoms. The zero-order chi connectivity index (χ0) is 12.1. The SMILES string of the molecule is CC(C)C(Br)CCCc1ccc(F)cc1F. The molecule has 0 radical (unpaired) electrons. The number of aryl methyl sites for hydroxylation is 1. The molecule has 0 nitrogen and oxygen atoms in total. The molecule has 0 saturated carbocycles. The van der Waals surface area contributed by atoms with E-state index in [4.69, 9.17) is 0 Å². The fourth-order valence-corrected chi connectivity index (χ4v) is 1.87. The number of rotatable bonds is 5. The van der Waals surface area contributed by atoms with Crippen LogP contribution in [-0.2, 0) is 6.42 Å². The summed E-state index contributed by atoms with van der Waals surface area (Å²) < 4.78 is 25.9. The van der Waals surface area contributed by atoms with Crippen molar-refractivity contribution >= 4 is 15.9 Å². The third-order valence-corrected chi connectivity index (χ3v) is 4.18. The summed E-state index contributed by atoms with van der Waals surface area (Å²) in [6, 6.07) is 3.79. The van der Waals surface area contributed by atoms with E-state index >= 15 is 0 Å². The van der Waals surface area contributed by atoms with Crippen LogP contribution in [0.2, 0.25) is 0 Å². The lowest BCUT2D eigenvalue weighted by Gasteiger charge is -2.13. The Labute approximate surface area is 104 Å². The fraction of sp³-hybridized carbons (Fsp3) is 0.538. The molecule has 1 aromatic rings. The normalized spacial score (nSPS) is 13.1. The van der Waals surface area contributed by atoms with E-state index in [-0.39, 0.29) is 0 Å². The maximum atomic E-state index is 13.3. The summed E-state index contributed by atoms with van der Waals surface area (Å²) >= 11 is 3.59. The molecule has 0 bridgehead atoms. The summed E-state index contributed by atoms with van der Waals surface area (Å²) in [7, 11) is 0. The van der Waals surface area contributed by atoms with Gasteiger partial charge in [0.15, 0.2) is 0 Å². The first-order valence-corrected chi connectivity index (χ1v) is 6.50. The van der Waals surface area contributed by atoms with Crippen molar-refractivity contribution in [1.29, 1.82) is 0 Å². The fourth-order valence-electron chi connectivity index (χ4n) is 1.55. The number of alkyl halides is 1. The van der Waals surface area contributed by atoms with Crippen LogP contribution in [0.15, 0.2) is 18.2 Å². The van der Waals surface area contributed by atoms with Gasteiger partial charge in [-0.3, -0.25) is 0 Å². The zero-order valence-corrected chi connectivity index (χ0v) is 11.2. The number of hydrogen-bond acceptors (Lipinski definition) is 0. The van der Waals surface area contributed by atoms with Gasteiger partial charge in [-0.05, 0) is 36.8 Å². The van der Waals surface area contributed by atoms with Crippen molar-refractivity contribution in [3.05, 3.63) is 35.4 Å². The Kier molecular flexibility index (Phi) is 5.39. The second-order valence-electron chi connectivity index (χ2n) is 4.39. The van der Waals surface area contributed by atoms with Crippen molar-refractivity contribution in [3.8, 4) is 0 Å². The summed E-state index contributed by atoms with van der Waals surface area (Å²) in [5.74, 6) is -0.365. The molecule has 0 heterocycles. The first-order chi connectivity index (χ1) is 7.50. The first kappa shape index (κ1) is 13.6. The standard InChI is InChI=1S/C13H17BrF2/c1-9(2)12(14)5-3-4-10-6-7-11(15)8-13(10)16/h6-9,12H,3-5H2,1-2H3. The molecular weight excluding hydrogens is 274 g/mol. The molecule has 1 aromatic carbocycles. The Morgan fingerprint density at radius 3 is 2.50 bits per heavy atom. The molecule has 1 rings (SSSR count). The van der Waals surface area contributed by atoms with Crippen LogP contribution in [0, 0.1) is 17.6 Å². The average molecular weight is 291 g/mol. The van der Waals surface area contributed by atoms with E-state index in [1.165, 1.54) is 12.1 Å². The van der Waals surface area contributed by atoms with Gasteiger partial charge in [0.25, 0.3) is 0 Å². The van der Waals surface area contributed by atoms with Crippen LogP contribution in [0.3, 0.4) is 0 Å². The van der Waals surface area contributed by atoms with Gasteiger partial charge in [0.1, 0.15) is 11.6 Å². The van der Waals surface area contributed by atoms with Gasteiger partial charge in [-0.1, -0.05) is 35.8 Å². The van der Waals surface area contributed by atoms with E-state index in [0.29, 0.717) is 22.7 Å². The van der Waals surface area contributed by atoms with Gasteiger partial charge >= 0.3 is 0 Å². The smallest absolute Gasteiger partial charge is 0.129 e. The van der Waals surface area contributed by atoms with E-state index in [1.807, 2.05) is 0 Å². The van der Waals surface area contributed by atoms with Crippen LogP contribution in [0.1, 0.15) is 32.3 Å². The molecule has 3 heteroatoms. The maximum absolute atomic E-state index is 13.3. The third kappa shape index (κ3) is 4.20. The van der Waals surface area contributed by atoms with Crippen LogP contribution in [0.4, 0.5) is 8.78 Å². The van der Waals surface area contributed by atoms with Gasteiger partial charge < -0.3 is 0 Å². The van der Waals surface area contributed by atoms with E-state index in [9.17, 15) is 8.78 Å². The molecule has 0 N–H and O–H groups in total. The molecule has 0 aromatic heterocycles. The van der Waals surface area contributed by atoms with Crippen LogP contribution in [0.25, 0.3) is 0 Å². The second kappa shape index (κ2) is 6.33. The monoisotopic (exact) mass is 290 g/mol. The Balaban J connectivity index is 2.43. The maximum Gasteiger partial charge on any atom is 0.129 e. The Hall–Kier alpha value is -0.440. The number of benzene rings is 1. The highest BCUT2D eigenvalue weighted by molar-refractivity contribution is 9.09. The molecule has 0 aliphatic rings. The Morgan fingerprint density at radius 1 is 1.25 bits per heavy atom. The van der Waals surface area contributed by atoms with Crippen LogP contribution in [-0.4, -0.2) is 4.83 Å². The second-order valence-corrected chi connectivity index (χ2v) is 5.56. The lowest BCUT2D eigenvalue weighted by Crippen LogP contribution is -2.07. The van der Waals surface area contributed by atoms with Crippen molar-refractivity contribution in [2.75, 3.05) is 0 Å². The summed E-state index contributed by atoms with van der Waals surface area (Å²) in [5, 5.41) is 0. The van der Waals surface area contributed by atoms with Crippen molar-refractivity contribution in [2.45, 2.75) is 37.9 Å². The van der Waals surface area contributed by atoms with Crippen molar-refractivity contribution in [2.24, 2.45) is 5.92 Å². The minimum atomic E-state index is -0.512. The summed E-state index contributed by atoms with van der Waals surface area (Å²) in [5.41, 5.74) is 0.602. The Morgan fingerprint density at radius 2 is 1.94 bits per heavy atom. The minimum Gasteiger partial charge on any atom is -0.207 e.